The zero-order valence-electron chi connectivity index (χ0n) is 10.1. The van der Waals surface area contributed by atoms with Crippen LogP contribution < -0.4 is 0 Å². The molecule has 2 heterocycles. The standard InChI is InChI=1S/C13H14N2OS/c1-8(2)11-12(9(3)16)17-13(15-11)10-4-6-14-7-5-10/h4-8H,1-3H3. The molecule has 0 saturated heterocycles. The quantitative estimate of drug-likeness (QED) is 0.778. The van der Waals surface area contributed by atoms with Crippen molar-refractivity contribution in [3.63, 3.8) is 0 Å². The molecule has 17 heavy (non-hydrogen) atoms. The van der Waals surface area contributed by atoms with Crippen molar-refractivity contribution < 1.29 is 4.79 Å². The number of pyridine rings is 1. The molecule has 0 aliphatic heterocycles. The average molecular weight is 246 g/mol. The summed E-state index contributed by atoms with van der Waals surface area (Å²) in [6.07, 6.45) is 3.47. The molecule has 0 saturated carbocycles. The fraction of sp³-hybridized carbons (Fsp3) is 0.308. The van der Waals surface area contributed by atoms with E-state index in [1.54, 1.807) is 19.3 Å². The van der Waals surface area contributed by atoms with Crippen molar-refractivity contribution in [1.82, 2.24) is 9.97 Å². The fourth-order valence-corrected chi connectivity index (χ4v) is 2.71. The monoisotopic (exact) mass is 246 g/mol. The van der Waals surface area contributed by atoms with Gasteiger partial charge in [-0.25, -0.2) is 4.98 Å². The van der Waals surface area contributed by atoms with Crippen LogP contribution >= 0.6 is 11.3 Å². The van der Waals surface area contributed by atoms with Crippen molar-refractivity contribution in [3.8, 4) is 10.6 Å². The summed E-state index contributed by atoms with van der Waals surface area (Å²) in [6.45, 7) is 5.70. The number of carbonyl (C=O) groups is 1. The molecule has 0 spiro atoms. The van der Waals surface area contributed by atoms with Crippen LogP contribution in [0.1, 0.15) is 42.1 Å². The lowest BCUT2D eigenvalue weighted by atomic mass is 10.1. The Morgan fingerprint density at radius 2 is 1.94 bits per heavy atom. The van der Waals surface area contributed by atoms with Gasteiger partial charge in [-0.05, 0) is 18.1 Å². The summed E-state index contributed by atoms with van der Waals surface area (Å²) in [5, 5.41) is 0.890. The molecule has 4 heteroatoms. The second-order valence-corrected chi connectivity index (χ2v) is 5.18. The molecule has 2 aromatic rings. The van der Waals surface area contributed by atoms with Gasteiger partial charge in [0.2, 0.25) is 0 Å². The van der Waals surface area contributed by atoms with Crippen molar-refractivity contribution >= 4 is 17.1 Å². The number of hydrogen-bond acceptors (Lipinski definition) is 4. The molecule has 0 radical (unpaired) electrons. The molecular formula is C13H14N2OS. The van der Waals surface area contributed by atoms with Crippen molar-refractivity contribution in [3.05, 3.63) is 35.1 Å². The summed E-state index contributed by atoms with van der Waals surface area (Å²) in [5.74, 6) is 0.354. The predicted molar refractivity (Wildman–Crippen MR) is 69.4 cm³/mol. The molecule has 0 aliphatic carbocycles. The van der Waals surface area contributed by atoms with Crippen molar-refractivity contribution in [2.45, 2.75) is 26.7 Å². The van der Waals surface area contributed by atoms with Crippen molar-refractivity contribution in [2.75, 3.05) is 0 Å². The Morgan fingerprint density at radius 1 is 1.29 bits per heavy atom. The third kappa shape index (κ3) is 2.42. The Hall–Kier alpha value is -1.55. The van der Waals surface area contributed by atoms with Gasteiger partial charge in [-0.15, -0.1) is 11.3 Å². The largest absolute Gasteiger partial charge is 0.294 e. The highest BCUT2D eigenvalue weighted by atomic mass is 32.1. The van der Waals surface area contributed by atoms with Gasteiger partial charge in [-0.2, -0.15) is 0 Å². The van der Waals surface area contributed by atoms with Gasteiger partial charge in [0.25, 0.3) is 0 Å². The van der Waals surface area contributed by atoms with E-state index in [-0.39, 0.29) is 11.7 Å². The number of thiazole rings is 1. The zero-order valence-corrected chi connectivity index (χ0v) is 10.9. The van der Waals surface area contributed by atoms with Gasteiger partial charge in [0.1, 0.15) is 5.01 Å². The minimum absolute atomic E-state index is 0.0894. The third-order valence-corrected chi connectivity index (χ3v) is 3.67. The first-order valence-corrected chi connectivity index (χ1v) is 6.33. The molecule has 0 amide bonds. The lowest BCUT2D eigenvalue weighted by molar-refractivity contribution is 0.102. The number of carbonyl (C=O) groups excluding carboxylic acids is 1. The molecule has 0 bridgehead atoms. The molecule has 3 nitrogen and oxygen atoms in total. The lowest BCUT2D eigenvalue weighted by Crippen LogP contribution is -1.97. The van der Waals surface area contributed by atoms with Gasteiger partial charge in [0, 0.05) is 24.9 Å². The van der Waals surface area contributed by atoms with Crippen LogP contribution in [0.15, 0.2) is 24.5 Å². The maximum absolute atomic E-state index is 11.6. The third-order valence-electron chi connectivity index (χ3n) is 2.45. The first kappa shape index (κ1) is 11.9. The summed E-state index contributed by atoms with van der Waals surface area (Å²) in [5.41, 5.74) is 1.91. The van der Waals surface area contributed by atoms with E-state index in [1.165, 1.54) is 11.3 Å². The number of aromatic nitrogens is 2. The van der Waals surface area contributed by atoms with E-state index in [4.69, 9.17) is 0 Å². The summed E-state index contributed by atoms with van der Waals surface area (Å²) in [7, 11) is 0. The van der Waals surface area contributed by atoms with E-state index in [0.717, 1.165) is 21.1 Å². The molecule has 0 aromatic carbocycles. The zero-order chi connectivity index (χ0) is 12.4. The number of hydrogen-bond donors (Lipinski definition) is 0. The van der Waals surface area contributed by atoms with Gasteiger partial charge < -0.3 is 0 Å². The van der Waals surface area contributed by atoms with Crippen LogP contribution in [0, 0.1) is 0 Å². The molecule has 0 fully saturated rings. The van der Waals surface area contributed by atoms with Gasteiger partial charge >= 0.3 is 0 Å². The molecule has 0 aliphatic rings. The van der Waals surface area contributed by atoms with E-state index in [1.807, 2.05) is 12.1 Å². The summed E-state index contributed by atoms with van der Waals surface area (Å²) in [4.78, 5) is 20.9. The smallest absolute Gasteiger partial charge is 0.171 e. The number of nitrogens with zero attached hydrogens (tertiary/aromatic N) is 2. The number of rotatable bonds is 3. The second-order valence-electron chi connectivity index (χ2n) is 4.18. The predicted octanol–water partition coefficient (Wildman–Crippen LogP) is 3.53. The first-order valence-electron chi connectivity index (χ1n) is 5.51. The van der Waals surface area contributed by atoms with Gasteiger partial charge in [-0.1, -0.05) is 13.8 Å². The normalized spacial score (nSPS) is 10.8. The first-order chi connectivity index (χ1) is 8.09. The minimum Gasteiger partial charge on any atom is -0.294 e. The highest BCUT2D eigenvalue weighted by Gasteiger charge is 2.17. The van der Waals surface area contributed by atoms with Gasteiger partial charge in [-0.3, -0.25) is 9.78 Å². The number of Topliss-reactive ketones (excluding diaryl/α,β-unsaturated/α-hetero) is 1. The second kappa shape index (κ2) is 4.75. The Balaban J connectivity index is 2.51. The van der Waals surface area contributed by atoms with Crippen LogP contribution in [0.5, 0.6) is 0 Å². The maximum Gasteiger partial charge on any atom is 0.171 e. The molecule has 88 valence electrons. The van der Waals surface area contributed by atoms with Crippen LogP contribution in [-0.2, 0) is 0 Å². The van der Waals surface area contributed by atoms with Crippen LogP contribution in [0.25, 0.3) is 10.6 Å². The molecule has 2 aromatic heterocycles. The molecule has 0 N–H and O–H groups in total. The Bertz CT molecular complexity index is 532. The van der Waals surface area contributed by atoms with Crippen LogP contribution in [0.4, 0.5) is 0 Å². The van der Waals surface area contributed by atoms with Gasteiger partial charge in [0.15, 0.2) is 5.78 Å². The van der Waals surface area contributed by atoms with Crippen molar-refractivity contribution in [2.24, 2.45) is 0 Å². The highest BCUT2D eigenvalue weighted by Crippen LogP contribution is 2.31. The fourth-order valence-electron chi connectivity index (χ4n) is 1.59. The Kier molecular flexibility index (Phi) is 3.33. The van der Waals surface area contributed by atoms with Crippen LogP contribution in [-0.4, -0.2) is 15.8 Å². The topological polar surface area (TPSA) is 42.9 Å². The van der Waals surface area contributed by atoms with Crippen molar-refractivity contribution in [1.29, 1.82) is 0 Å². The summed E-state index contributed by atoms with van der Waals surface area (Å²) >= 11 is 1.46. The van der Waals surface area contributed by atoms with E-state index in [2.05, 4.69) is 23.8 Å². The maximum atomic E-state index is 11.6. The van der Waals surface area contributed by atoms with E-state index < -0.39 is 0 Å². The summed E-state index contributed by atoms with van der Waals surface area (Å²) in [6, 6.07) is 3.82. The molecular weight excluding hydrogens is 232 g/mol. The van der Waals surface area contributed by atoms with Gasteiger partial charge in [0.05, 0.1) is 10.6 Å². The van der Waals surface area contributed by atoms with E-state index in [0.29, 0.717) is 0 Å². The number of ketones is 1. The van der Waals surface area contributed by atoms with E-state index in [9.17, 15) is 4.79 Å². The highest BCUT2D eigenvalue weighted by molar-refractivity contribution is 7.17. The van der Waals surface area contributed by atoms with Crippen LogP contribution in [0.3, 0.4) is 0 Å². The van der Waals surface area contributed by atoms with E-state index >= 15 is 0 Å². The summed E-state index contributed by atoms with van der Waals surface area (Å²) < 4.78 is 0. The van der Waals surface area contributed by atoms with Crippen LogP contribution in [0.2, 0.25) is 0 Å². The Labute approximate surface area is 105 Å². The lowest BCUT2D eigenvalue weighted by Gasteiger charge is -2.01. The molecule has 0 unspecified atom stereocenters. The SMILES string of the molecule is CC(=O)c1sc(-c2ccncc2)nc1C(C)C. The molecule has 0 atom stereocenters. The minimum atomic E-state index is 0.0894. The average Bonchev–Trinajstić information content (AvgIpc) is 2.75. The molecule has 2 rings (SSSR count). The Morgan fingerprint density at radius 3 is 2.41 bits per heavy atom.